The summed E-state index contributed by atoms with van der Waals surface area (Å²) in [5.74, 6) is 1.23. The summed E-state index contributed by atoms with van der Waals surface area (Å²) >= 11 is 1.74. The van der Waals surface area contributed by atoms with Crippen molar-refractivity contribution in [2.45, 2.75) is 65.5 Å². The van der Waals surface area contributed by atoms with E-state index in [-0.39, 0.29) is 30.2 Å². The maximum absolute atomic E-state index is 2.39. The number of rotatable bonds is 6. The van der Waals surface area contributed by atoms with Crippen LogP contribution in [0.4, 0.5) is 0 Å². The molecular weight excluding hydrogens is 767 g/mol. The Morgan fingerprint density at radius 2 is 0.788 bits per heavy atom. The van der Waals surface area contributed by atoms with Crippen molar-refractivity contribution < 1.29 is 48.1 Å². The summed E-state index contributed by atoms with van der Waals surface area (Å²) < 4.78 is 0. The van der Waals surface area contributed by atoms with Gasteiger partial charge in [-0.1, -0.05) is 149 Å². The summed E-state index contributed by atoms with van der Waals surface area (Å²) in [6.45, 7) is 13.8. The minimum Gasteiger partial charge on any atom is -1.00 e. The van der Waals surface area contributed by atoms with Crippen LogP contribution in [0.2, 0.25) is 13.1 Å². The van der Waals surface area contributed by atoms with Crippen molar-refractivity contribution in [3.05, 3.63) is 157 Å². The fourth-order valence-corrected chi connectivity index (χ4v) is 6.95. The predicted molar refractivity (Wildman–Crippen MR) is 220 cm³/mol. The zero-order valence-electron chi connectivity index (χ0n) is 31.2. The first kappa shape index (κ1) is 41.5. The van der Waals surface area contributed by atoms with E-state index in [2.05, 4.69) is 186 Å². The molecule has 2 unspecified atom stereocenters. The fourth-order valence-electron chi connectivity index (χ4n) is 6.95. The van der Waals surface area contributed by atoms with Crippen LogP contribution in [-0.2, 0) is 23.3 Å². The molecule has 0 amide bonds. The SMILES string of the molecule is CCC(C)c1cc2c(-c3cccc4ccccc34)cccc2[cH-]1.CCC(C)c1cc2c(-c3cccc4ccccc34)cccc2[cH-]1.C[Si](C)=[Zr+2].[Cl-].[Cl-]. The third-order valence-electron chi connectivity index (χ3n) is 10.1. The Hall–Kier alpha value is -3.26. The molecule has 52 heavy (non-hydrogen) atoms. The normalized spacial score (nSPS) is 11.8. The molecule has 4 heteroatoms. The van der Waals surface area contributed by atoms with Crippen LogP contribution in [0.5, 0.6) is 0 Å². The third kappa shape index (κ3) is 9.26. The van der Waals surface area contributed by atoms with Gasteiger partial charge in [0.1, 0.15) is 0 Å². The third-order valence-corrected chi connectivity index (χ3v) is 10.1. The van der Waals surface area contributed by atoms with Gasteiger partial charge in [-0.2, -0.15) is 12.1 Å². The van der Waals surface area contributed by atoms with E-state index in [0.29, 0.717) is 11.8 Å². The van der Waals surface area contributed by atoms with Crippen LogP contribution in [0, 0.1) is 0 Å². The summed E-state index contributed by atoms with van der Waals surface area (Å²) in [4.78, 5) is 0. The molecule has 0 nitrogen and oxygen atoms in total. The summed E-state index contributed by atoms with van der Waals surface area (Å²) in [7, 11) is 0. The van der Waals surface area contributed by atoms with E-state index in [4.69, 9.17) is 0 Å². The van der Waals surface area contributed by atoms with Crippen LogP contribution < -0.4 is 24.8 Å². The number of hydrogen-bond donors (Lipinski definition) is 0. The molecule has 8 rings (SSSR count). The Morgan fingerprint density at radius 3 is 1.15 bits per heavy atom. The zero-order valence-corrected chi connectivity index (χ0v) is 36.2. The van der Waals surface area contributed by atoms with Crippen LogP contribution in [-0.4, -0.2) is 5.43 Å². The van der Waals surface area contributed by atoms with Crippen LogP contribution in [0.25, 0.3) is 65.3 Å². The number of benzene rings is 6. The fraction of sp³-hybridized carbons (Fsp3) is 0.208. The van der Waals surface area contributed by atoms with E-state index in [1.165, 1.54) is 89.3 Å². The first-order valence-corrected chi connectivity index (χ1v) is 24.3. The molecule has 264 valence electrons. The van der Waals surface area contributed by atoms with E-state index in [9.17, 15) is 0 Å². The predicted octanol–water partition coefficient (Wildman–Crippen LogP) is 8.58. The molecule has 0 fully saturated rings. The van der Waals surface area contributed by atoms with Gasteiger partial charge in [-0.3, -0.25) is 0 Å². The Morgan fingerprint density at radius 1 is 0.481 bits per heavy atom. The van der Waals surface area contributed by atoms with Gasteiger partial charge in [-0.25, -0.2) is 0 Å². The summed E-state index contributed by atoms with van der Waals surface area (Å²) in [6.07, 6.45) is 2.36. The van der Waals surface area contributed by atoms with Gasteiger partial charge in [0.15, 0.2) is 0 Å². The molecule has 0 saturated heterocycles. The molecule has 0 heterocycles. The second-order valence-corrected chi connectivity index (χ2v) is 23.2. The van der Waals surface area contributed by atoms with E-state index in [0.717, 1.165) is 0 Å². The van der Waals surface area contributed by atoms with Crippen molar-refractivity contribution >= 4 is 48.5 Å². The second kappa shape index (κ2) is 19.2. The molecule has 0 N–H and O–H groups in total. The van der Waals surface area contributed by atoms with Gasteiger partial charge in [0.25, 0.3) is 0 Å². The average molecular weight is 815 g/mol. The first-order chi connectivity index (χ1) is 24.3. The minimum atomic E-state index is 0. The van der Waals surface area contributed by atoms with Crippen molar-refractivity contribution in [2.24, 2.45) is 0 Å². The van der Waals surface area contributed by atoms with Crippen LogP contribution in [0.15, 0.2) is 146 Å². The summed E-state index contributed by atoms with van der Waals surface area (Å²) in [5.41, 5.74) is 8.46. The Labute approximate surface area is 338 Å². The maximum atomic E-state index is 2.39. The van der Waals surface area contributed by atoms with Gasteiger partial charge >= 0.3 is 41.9 Å². The van der Waals surface area contributed by atoms with Crippen molar-refractivity contribution in [2.75, 3.05) is 0 Å². The monoisotopic (exact) mass is 812 g/mol. The van der Waals surface area contributed by atoms with Gasteiger partial charge in [0, 0.05) is 0 Å². The number of hydrogen-bond acceptors (Lipinski definition) is 0. The Balaban J connectivity index is 0.000000204. The molecule has 0 aromatic heterocycles. The van der Waals surface area contributed by atoms with E-state index >= 15 is 0 Å². The molecule has 0 radical (unpaired) electrons. The Kier molecular flexibility index (Phi) is 15.3. The van der Waals surface area contributed by atoms with E-state index < -0.39 is 0 Å². The molecule has 8 aromatic rings. The van der Waals surface area contributed by atoms with Crippen molar-refractivity contribution in [1.82, 2.24) is 0 Å². The molecule has 0 spiro atoms. The average Bonchev–Trinajstić information content (AvgIpc) is 3.79. The molecular formula is C48H48Cl2SiZr-2. The molecule has 0 aliphatic heterocycles. The van der Waals surface area contributed by atoms with Gasteiger partial charge in [0.2, 0.25) is 0 Å². The van der Waals surface area contributed by atoms with Crippen molar-refractivity contribution in [1.29, 1.82) is 0 Å². The topological polar surface area (TPSA) is 0 Å². The van der Waals surface area contributed by atoms with Crippen LogP contribution >= 0.6 is 0 Å². The molecule has 0 aliphatic rings. The largest absolute Gasteiger partial charge is 1.00 e. The quantitative estimate of drug-likeness (QED) is 0.117. The minimum absolute atomic E-state index is 0. The second-order valence-electron chi connectivity index (χ2n) is 13.9. The smallest absolute Gasteiger partial charge is 1.00 e. The number of fused-ring (bicyclic) bond motifs is 4. The van der Waals surface area contributed by atoms with Crippen molar-refractivity contribution in [3.63, 3.8) is 0 Å². The van der Waals surface area contributed by atoms with Crippen LogP contribution in [0.1, 0.15) is 63.5 Å². The first-order valence-electron chi connectivity index (χ1n) is 18.2. The van der Waals surface area contributed by atoms with Crippen molar-refractivity contribution in [3.8, 4) is 22.3 Å². The standard InChI is InChI=1S/2C23H21.C2H6Si.2ClH.Zr/c2*1-3-16(2)19-14-18-10-7-13-22(23(18)15-19)21-12-6-9-17-8-4-5-11-20(17)21;1-3-2;;;/h2*4-16H,3H2,1-2H3;1-2H3;2*1H;/q2*-1;;;;+2/p-2. The van der Waals surface area contributed by atoms with E-state index in [1.54, 1.807) is 23.3 Å². The molecule has 0 bridgehead atoms. The van der Waals surface area contributed by atoms with E-state index in [1.807, 2.05) is 0 Å². The maximum Gasteiger partial charge on any atom is -1.00 e. The molecule has 8 aromatic carbocycles. The summed E-state index contributed by atoms with van der Waals surface area (Å²) in [5, 5.41) is 10.7. The molecule has 0 saturated carbocycles. The zero-order chi connectivity index (χ0) is 35.2. The molecule has 0 aliphatic carbocycles. The van der Waals surface area contributed by atoms with Gasteiger partial charge in [-0.05, 0) is 44.5 Å². The molecule has 2 atom stereocenters. The number of halogens is 2. The Bertz CT molecular complexity index is 2220. The van der Waals surface area contributed by atoms with Gasteiger partial charge in [0.05, 0.1) is 0 Å². The van der Waals surface area contributed by atoms with Gasteiger partial charge in [-0.15, -0.1) is 69.1 Å². The van der Waals surface area contributed by atoms with Gasteiger partial charge < -0.3 is 24.8 Å². The summed E-state index contributed by atoms with van der Waals surface area (Å²) in [6, 6.07) is 53.3. The van der Waals surface area contributed by atoms with Crippen LogP contribution in [0.3, 0.4) is 0 Å².